The summed E-state index contributed by atoms with van der Waals surface area (Å²) in [5.41, 5.74) is 4.70. The lowest BCUT2D eigenvalue weighted by Gasteiger charge is -2.17. The molecule has 1 aromatic heterocycles. The highest BCUT2D eigenvalue weighted by Gasteiger charge is 2.27. The van der Waals surface area contributed by atoms with Crippen molar-refractivity contribution < 1.29 is 32.6 Å². The molecule has 0 bridgehead atoms. The van der Waals surface area contributed by atoms with Crippen LogP contribution in [-0.4, -0.2) is 63.7 Å². The van der Waals surface area contributed by atoms with Crippen molar-refractivity contribution in [1.29, 1.82) is 0 Å². The first-order valence-corrected chi connectivity index (χ1v) is 14.1. The fraction of sp³-hybridized carbons (Fsp3) is 0.333. The number of benzene rings is 2. The molecule has 1 aliphatic heterocycles. The molecule has 10 heteroatoms. The van der Waals surface area contributed by atoms with E-state index in [0.717, 1.165) is 47.4 Å². The summed E-state index contributed by atoms with van der Waals surface area (Å²) in [4.78, 5) is 27.6. The zero-order valence-corrected chi connectivity index (χ0v) is 24.8. The lowest BCUT2D eigenvalue weighted by atomic mass is 10.00. The SMILES string of the molecule is COc1cc(C=C2C(C)=C(CC(=O)NCc3ccco3)c3cc(F)ccc32)cc(OC)c1OCC(=O)NC1CCN(C)C1. The zero-order chi connectivity index (χ0) is 30.5. The van der Waals surface area contributed by atoms with E-state index in [1.807, 2.05) is 20.0 Å². The fourth-order valence-corrected chi connectivity index (χ4v) is 5.56. The van der Waals surface area contributed by atoms with Gasteiger partial charge >= 0.3 is 0 Å². The van der Waals surface area contributed by atoms with E-state index in [2.05, 4.69) is 15.5 Å². The van der Waals surface area contributed by atoms with Gasteiger partial charge in [-0.25, -0.2) is 4.39 Å². The summed E-state index contributed by atoms with van der Waals surface area (Å²) >= 11 is 0. The van der Waals surface area contributed by atoms with Crippen molar-refractivity contribution in [2.24, 2.45) is 0 Å². The minimum Gasteiger partial charge on any atom is -0.493 e. The number of fused-ring (bicyclic) bond motifs is 1. The van der Waals surface area contributed by atoms with E-state index in [-0.39, 0.29) is 43.2 Å². The lowest BCUT2D eigenvalue weighted by Crippen LogP contribution is -2.39. The number of amides is 2. The van der Waals surface area contributed by atoms with E-state index in [1.54, 1.807) is 36.6 Å². The Hall–Kier alpha value is -4.57. The molecule has 2 heterocycles. The van der Waals surface area contributed by atoms with Crippen molar-refractivity contribution in [2.75, 3.05) is 41.0 Å². The van der Waals surface area contributed by atoms with E-state index in [9.17, 15) is 14.0 Å². The molecule has 1 unspecified atom stereocenters. The molecule has 2 N–H and O–H groups in total. The van der Waals surface area contributed by atoms with Gasteiger partial charge in [0, 0.05) is 12.6 Å². The van der Waals surface area contributed by atoms with E-state index in [1.165, 1.54) is 26.4 Å². The van der Waals surface area contributed by atoms with Gasteiger partial charge in [-0.2, -0.15) is 0 Å². The molecule has 2 amide bonds. The van der Waals surface area contributed by atoms with Gasteiger partial charge in [0.25, 0.3) is 5.91 Å². The van der Waals surface area contributed by atoms with Gasteiger partial charge in [-0.15, -0.1) is 0 Å². The van der Waals surface area contributed by atoms with Crippen molar-refractivity contribution in [2.45, 2.75) is 32.4 Å². The summed E-state index contributed by atoms with van der Waals surface area (Å²) in [5.74, 6) is 0.973. The van der Waals surface area contributed by atoms with Crippen LogP contribution in [0.5, 0.6) is 17.2 Å². The second kappa shape index (κ2) is 13.2. The van der Waals surface area contributed by atoms with Crippen LogP contribution in [-0.2, 0) is 16.1 Å². The molecule has 0 spiro atoms. The maximum absolute atomic E-state index is 14.4. The predicted molar refractivity (Wildman–Crippen MR) is 161 cm³/mol. The molecule has 1 atom stereocenters. The molecule has 2 aliphatic rings. The number of methoxy groups -OCH3 is 2. The smallest absolute Gasteiger partial charge is 0.258 e. The molecule has 1 fully saturated rings. The van der Waals surface area contributed by atoms with Gasteiger partial charge in [0.15, 0.2) is 18.1 Å². The number of nitrogens with one attached hydrogen (secondary N) is 2. The van der Waals surface area contributed by atoms with E-state index in [4.69, 9.17) is 18.6 Å². The van der Waals surface area contributed by atoms with Gasteiger partial charge in [-0.05, 0) is 103 Å². The number of hydrogen-bond donors (Lipinski definition) is 2. The minimum absolute atomic E-state index is 0.0823. The van der Waals surface area contributed by atoms with Crippen LogP contribution < -0.4 is 24.8 Å². The minimum atomic E-state index is -0.380. The Kier molecular flexibility index (Phi) is 9.16. The molecule has 9 nitrogen and oxygen atoms in total. The molecule has 3 aromatic rings. The van der Waals surface area contributed by atoms with Crippen LogP contribution in [0.3, 0.4) is 0 Å². The van der Waals surface area contributed by atoms with Crippen LogP contribution >= 0.6 is 0 Å². The Morgan fingerprint density at radius 2 is 1.86 bits per heavy atom. The third-order valence-electron chi connectivity index (χ3n) is 7.73. The topological polar surface area (TPSA) is 102 Å². The molecule has 2 aromatic carbocycles. The van der Waals surface area contributed by atoms with E-state index < -0.39 is 0 Å². The Balaban J connectivity index is 1.38. The molecule has 43 heavy (non-hydrogen) atoms. The molecule has 226 valence electrons. The highest BCUT2D eigenvalue weighted by atomic mass is 19.1. The molecule has 1 saturated heterocycles. The van der Waals surface area contributed by atoms with Gasteiger partial charge in [0.1, 0.15) is 11.6 Å². The third-order valence-corrected chi connectivity index (χ3v) is 7.73. The molecular weight excluding hydrogens is 553 g/mol. The van der Waals surface area contributed by atoms with Gasteiger partial charge in [0.2, 0.25) is 11.7 Å². The molecule has 1 aliphatic carbocycles. The van der Waals surface area contributed by atoms with Crippen LogP contribution in [0.2, 0.25) is 0 Å². The maximum Gasteiger partial charge on any atom is 0.258 e. The summed E-state index contributed by atoms with van der Waals surface area (Å²) in [6.07, 6.45) is 4.48. The number of ether oxygens (including phenoxy) is 3. The van der Waals surface area contributed by atoms with Crippen molar-refractivity contribution in [3.05, 3.63) is 82.6 Å². The van der Waals surface area contributed by atoms with Crippen LogP contribution in [0.15, 0.2) is 58.7 Å². The van der Waals surface area contributed by atoms with Gasteiger partial charge in [-0.3, -0.25) is 9.59 Å². The summed E-state index contributed by atoms with van der Waals surface area (Å²) < 4.78 is 36.8. The first-order chi connectivity index (χ1) is 20.7. The number of rotatable bonds is 11. The second-order valence-electron chi connectivity index (χ2n) is 10.7. The molecule has 5 rings (SSSR count). The average Bonchev–Trinajstić information content (AvgIpc) is 3.72. The number of allylic oxidation sites excluding steroid dienone is 2. The van der Waals surface area contributed by atoms with Gasteiger partial charge in [0.05, 0.1) is 33.4 Å². The maximum atomic E-state index is 14.4. The van der Waals surface area contributed by atoms with Crippen molar-refractivity contribution in [1.82, 2.24) is 15.5 Å². The fourth-order valence-electron chi connectivity index (χ4n) is 5.56. The van der Waals surface area contributed by atoms with Crippen molar-refractivity contribution >= 4 is 29.0 Å². The van der Waals surface area contributed by atoms with Crippen LogP contribution in [0.4, 0.5) is 4.39 Å². The number of nitrogens with zero attached hydrogens (tertiary/aromatic N) is 1. The average molecular weight is 590 g/mol. The van der Waals surface area contributed by atoms with Gasteiger partial charge < -0.3 is 34.2 Å². The second-order valence-corrected chi connectivity index (χ2v) is 10.7. The quantitative estimate of drug-likeness (QED) is 0.335. The normalized spacial score (nSPS) is 17.2. The van der Waals surface area contributed by atoms with Crippen LogP contribution in [0.25, 0.3) is 17.2 Å². The molecule has 0 saturated carbocycles. The summed E-state index contributed by atoms with van der Waals surface area (Å²) in [6.45, 7) is 3.76. The lowest BCUT2D eigenvalue weighted by molar-refractivity contribution is -0.123. The Morgan fingerprint density at radius 1 is 1.09 bits per heavy atom. The van der Waals surface area contributed by atoms with Crippen LogP contribution in [0.1, 0.15) is 42.2 Å². The number of furan rings is 1. The van der Waals surface area contributed by atoms with Gasteiger partial charge in [-0.1, -0.05) is 6.07 Å². The monoisotopic (exact) mass is 589 g/mol. The van der Waals surface area contributed by atoms with E-state index in [0.29, 0.717) is 28.6 Å². The van der Waals surface area contributed by atoms with Crippen LogP contribution in [0, 0.1) is 5.82 Å². The number of hydrogen-bond acceptors (Lipinski definition) is 7. The number of halogens is 1. The summed E-state index contributed by atoms with van der Waals surface area (Å²) in [6, 6.07) is 11.8. The predicted octanol–water partition coefficient (Wildman–Crippen LogP) is 4.67. The summed E-state index contributed by atoms with van der Waals surface area (Å²) in [5, 5.41) is 5.87. The Bertz CT molecular complexity index is 1540. The standard InChI is InChI=1S/C33H36FN3O6/c1-20-26(25-8-7-22(34)15-28(25)27(20)16-31(38)35-17-24-6-5-11-42-24)12-21-13-29(40-3)33(30(14-21)41-4)43-19-32(39)36-23-9-10-37(2)18-23/h5-8,11-15,23H,9-10,16-19H2,1-4H3,(H,35,38)(H,36,39). The van der Waals surface area contributed by atoms with Crippen molar-refractivity contribution in [3.8, 4) is 17.2 Å². The van der Waals surface area contributed by atoms with Crippen molar-refractivity contribution in [3.63, 3.8) is 0 Å². The first kappa shape index (κ1) is 29.9. The number of carbonyl (C=O) groups excluding carboxylic acids is 2. The zero-order valence-electron chi connectivity index (χ0n) is 24.8. The number of carbonyl (C=O) groups is 2. The Labute approximate surface area is 250 Å². The molecule has 0 radical (unpaired) electrons. The number of likely N-dealkylation sites (N-methyl/N-ethyl adjacent to an activating group) is 1. The highest BCUT2D eigenvalue weighted by Crippen LogP contribution is 2.45. The summed E-state index contributed by atoms with van der Waals surface area (Å²) in [7, 11) is 5.06. The highest BCUT2D eigenvalue weighted by molar-refractivity contribution is 6.08. The first-order valence-electron chi connectivity index (χ1n) is 14.1. The Morgan fingerprint density at radius 3 is 2.51 bits per heavy atom. The van der Waals surface area contributed by atoms with E-state index >= 15 is 0 Å². The largest absolute Gasteiger partial charge is 0.493 e. The third kappa shape index (κ3) is 6.91. The molecular formula is C33H36FN3O6. The number of likely N-dealkylation sites (tertiary alicyclic amines) is 1.